The van der Waals surface area contributed by atoms with E-state index in [4.69, 9.17) is 28.9 Å². The van der Waals surface area contributed by atoms with E-state index in [1.807, 2.05) is 11.0 Å². The van der Waals surface area contributed by atoms with E-state index in [0.29, 0.717) is 23.1 Å². The highest BCUT2D eigenvalue weighted by Crippen LogP contribution is 2.23. The number of carbonyl (C=O) groups excluding carboxylic acids is 1. The van der Waals surface area contributed by atoms with E-state index in [0.717, 1.165) is 25.2 Å². The maximum absolute atomic E-state index is 12.3. The summed E-state index contributed by atoms with van der Waals surface area (Å²) in [5.41, 5.74) is 6.74. The maximum atomic E-state index is 12.3. The molecule has 6 heteroatoms. The van der Waals surface area contributed by atoms with E-state index >= 15 is 0 Å². The first kappa shape index (κ1) is 17.5. The van der Waals surface area contributed by atoms with Crippen LogP contribution in [0.5, 0.6) is 0 Å². The first-order valence-corrected chi connectivity index (χ1v) is 8.43. The van der Waals surface area contributed by atoms with Gasteiger partial charge < -0.3 is 15.5 Å². The number of halogens is 2. The Morgan fingerprint density at radius 2 is 2.00 bits per heavy atom. The van der Waals surface area contributed by atoms with Gasteiger partial charge in [-0.3, -0.25) is 4.79 Å². The molecule has 1 aliphatic heterocycles. The van der Waals surface area contributed by atoms with Crippen LogP contribution < -0.4 is 5.73 Å². The van der Waals surface area contributed by atoms with Gasteiger partial charge >= 0.3 is 0 Å². The van der Waals surface area contributed by atoms with Crippen molar-refractivity contribution in [3.63, 3.8) is 0 Å². The molecule has 1 aliphatic rings. The van der Waals surface area contributed by atoms with Crippen molar-refractivity contribution in [2.24, 2.45) is 5.73 Å². The molecule has 1 amide bonds. The molecular weight excluding hydrogens is 321 g/mol. The molecule has 0 saturated carbocycles. The smallest absolute Gasteiger partial charge is 0.239 e. The summed E-state index contributed by atoms with van der Waals surface area (Å²) in [5, 5.41) is 1.03. The molecule has 0 aromatic heterocycles. The lowest BCUT2D eigenvalue weighted by Crippen LogP contribution is -2.44. The molecule has 1 heterocycles. The Bertz CT molecular complexity index is 516. The molecule has 0 aliphatic carbocycles. The standard InChI is InChI=1S/C16H23Cl2N3O/c1-12(19)16(22)21(9-8-20-6-2-3-7-20)11-13-4-5-14(17)15(18)10-13/h4-5,10,12H,2-3,6-9,11,19H2,1H3. The first-order valence-electron chi connectivity index (χ1n) is 7.68. The lowest BCUT2D eigenvalue weighted by molar-refractivity contribution is -0.133. The van der Waals surface area contributed by atoms with E-state index in [1.165, 1.54) is 12.8 Å². The number of benzene rings is 1. The predicted molar refractivity (Wildman–Crippen MR) is 91.2 cm³/mol. The minimum absolute atomic E-state index is 0.0368. The third-order valence-corrected chi connectivity index (χ3v) is 4.68. The van der Waals surface area contributed by atoms with Gasteiger partial charge in [0.05, 0.1) is 16.1 Å². The zero-order valence-electron chi connectivity index (χ0n) is 12.9. The van der Waals surface area contributed by atoms with Crippen LogP contribution in [0.1, 0.15) is 25.3 Å². The monoisotopic (exact) mass is 343 g/mol. The second-order valence-electron chi connectivity index (χ2n) is 5.85. The summed E-state index contributed by atoms with van der Waals surface area (Å²) in [7, 11) is 0. The predicted octanol–water partition coefficient (Wildman–Crippen LogP) is 2.77. The first-order chi connectivity index (χ1) is 10.5. The molecular formula is C16H23Cl2N3O. The Kier molecular flexibility index (Phi) is 6.50. The van der Waals surface area contributed by atoms with Gasteiger partial charge in [0.25, 0.3) is 0 Å². The number of hydrogen-bond donors (Lipinski definition) is 1. The van der Waals surface area contributed by atoms with Crippen LogP contribution in [0.2, 0.25) is 10.0 Å². The number of rotatable bonds is 6. The molecule has 2 N–H and O–H groups in total. The van der Waals surface area contributed by atoms with Crippen LogP contribution in [-0.2, 0) is 11.3 Å². The zero-order chi connectivity index (χ0) is 16.1. The molecule has 2 rings (SSSR count). The third kappa shape index (κ3) is 4.85. The Morgan fingerprint density at radius 1 is 1.32 bits per heavy atom. The van der Waals surface area contributed by atoms with Crippen molar-refractivity contribution in [3.05, 3.63) is 33.8 Å². The number of nitrogens with zero attached hydrogens (tertiary/aromatic N) is 2. The van der Waals surface area contributed by atoms with Gasteiger partial charge in [0, 0.05) is 19.6 Å². The minimum Gasteiger partial charge on any atom is -0.336 e. The Labute approximate surface area is 142 Å². The van der Waals surface area contributed by atoms with Crippen LogP contribution >= 0.6 is 23.2 Å². The van der Waals surface area contributed by atoms with E-state index < -0.39 is 6.04 Å². The molecule has 1 aromatic carbocycles. The van der Waals surface area contributed by atoms with Crippen LogP contribution in [0.4, 0.5) is 0 Å². The van der Waals surface area contributed by atoms with Crippen LogP contribution in [-0.4, -0.2) is 47.9 Å². The normalized spacial score (nSPS) is 16.7. The van der Waals surface area contributed by atoms with Crippen molar-refractivity contribution in [3.8, 4) is 0 Å². The van der Waals surface area contributed by atoms with Gasteiger partial charge in [-0.1, -0.05) is 29.3 Å². The summed E-state index contributed by atoms with van der Waals surface area (Å²) < 4.78 is 0. The number of likely N-dealkylation sites (tertiary alicyclic amines) is 1. The second-order valence-corrected chi connectivity index (χ2v) is 6.66. The summed E-state index contributed by atoms with van der Waals surface area (Å²) in [5.74, 6) is -0.0368. The number of carbonyl (C=O) groups is 1. The molecule has 0 bridgehead atoms. The lowest BCUT2D eigenvalue weighted by Gasteiger charge is -2.27. The zero-order valence-corrected chi connectivity index (χ0v) is 14.4. The minimum atomic E-state index is -0.499. The van der Waals surface area contributed by atoms with E-state index in [2.05, 4.69) is 4.90 Å². The summed E-state index contributed by atoms with van der Waals surface area (Å²) in [4.78, 5) is 16.5. The fourth-order valence-corrected chi connectivity index (χ4v) is 3.00. The average molecular weight is 344 g/mol. The van der Waals surface area contributed by atoms with Crippen molar-refractivity contribution in [2.75, 3.05) is 26.2 Å². The van der Waals surface area contributed by atoms with Crippen LogP contribution in [0.3, 0.4) is 0 Å². The van der Waals surface area contributed by atoms with Gasteiger partial charge in [0.15, 0.2) is 0 Å². The van der Waals surface area contributed by atoms with Gasteiger partial charge in [-0.15, -0.1) is 0 Å². The molecule has 0 spiro atoms. The van der Waals surface area contributed by atoms with Gasteiger partial charge in [-0.2, -0.15) is 0 Å². The summed E-state index contributed by atoms with van der Waals surface area (Å²) in [6.07, 6.45) is 2.49. The van der Waals surface area contributed by atoms with Crippen molar-refractivity contribution in [2.45, 2.75) is 32.4 Å². The molecule has 1 aromatic rings. The summed E-state index contributed by atoms with van der Waals surface area (Å²) in [6, 6.07) is 4.96. The third-order valence-electron chi connectivity index (χ3n) is 3.94. The highest BCUT2D eigenvalue weighted by Gasteiger charge is 2.20. The topological polar surface area (TPSA) is 49.6 Å². The summed E-state index contributed by atoms with van der Waals surface area (Å²) >= 11 is 12.0. The van der Waals surface area contributed by atoms with Crippen molar-refractivity contribution in [1.29, 1.82) is 0 Å². The number of nitrogens with two attached hydrogens (primary N) is 1. The highest BCUT2D eigenvalue weighted by molar-refractivity contribution is 6.42. The van der Waals surface area contributed by atoms with Crippen LogP contribution in [0.15, 0.2) is 18.2 Å². The quantitative estimate of drug-likeness (QED) is 0.863. The van der Waals surface area contributed by atoms with Crippen molar-refractivity contribution >= 4 is 29.1 Å². The Morgan fingerprint density at radius 3 is 2.59 bits per heavy atom. The van der Waals surface area contributed by atoms with Crippen LogP contribution in [0, 0.1) is 0 Å². The Balaban J connectivity index is 2.02. The second kappa shape index (κ2) is 8.16. The number of amides is 1. The van der Waals surface area contributed by atoms with E-state index in [9.17, 15) is 4.79 Å². The fourth-order valence-electron chi connectivity index (χ4n) is 2.68. The molecule has 1 unspecified atom stereocenters. The molecule has 1 saturated heterocycles. The highest BCUT2D eigenvalue weighted by atomic mass is 35.5. The molecule has 1 fully saturated rings. The largest absolute Gasteiger partial charge is 0.336 e. The van der Waals surface area contributed by atoms with E-state index in [1.54, 1.807) is 19.1 Å². The van der Waals surface area contributed by atoms with Crippen LogP contribution in [0.25, 0.3) is 0 Å². The molecule has 1 atom stereocenters. The number of hydrogen-bond acceptors (Lipinski definition) is 3. The van der Waals surface area contributed by atoms with Gasteiger partial charge in [-0.25, -0.2) is 0 Å². The van der Waals surface area contributed by atoms with E-state index in [-0.39, 0.29) is 5.91 Å². The van der Waals surface area contributed by atoms with Gasteiger partial charge in [0.1, 0.15) is 0 Å². The molecule has 22 heavy (non-hydrogen) atoms. The lowest BCUT2D eigenvalue weighted by atomic mass is 10.2. The van der Waals surface area contributed by atoms with Crippen molar-refractivity contribution < 1.29 is 4.79 Å². The Hall–Kier alpha value is -0.810. The average Bonchev–Trinajstić information content (AvgIpc) is 2.99. The molecule has 4 nitrogen and oxygen atoms in total. The molecule has 122 valence electrons. The fraction of sp³-hybridized carbons (Fsp3) is 0.562. The maximum Gasteiger partial charge on any atom is 0.239 e. The molecule has 0 radical (unpaired) electrons. The summed E-state index contributed by atoms with van der Waals surface area (Å²) in [6.45, 7) is 6.03. The SMILES string of the molecule is CC(N)C(=O)N(CCN1CCCC1)Cc1ccc(Cl)c(Cl)c1. The van der Waals surface area contributed by atoms with Gasteiger partial charge in [-0.05, 0) is 50.6 Å². The van der Waals surface area contributed by atoms with Crippen molar-refractivity contribution in [1.82, 2.24) is 9.80 Å². The van der Waals surface area contributed by atoms with Gasteiger partial charge in [0.2, 0.25) is 5.91 Å².